The molecule has 0 aliphatic rings. The topological polar surface area (TPSA) is 125 Å². The molecule has 170 valence electrons. The normalized spacial score (nSPS) is 10.7. The molecule has 0 bridgehead atoms. The number of hydrogen-bond acceptors (Lipinski definition) is 8. The highest BCUT2D eigenvalue weighted by molar-refractivity contribution is 6.07. The maximum Gasteiger partial charge on any atom is 0.361 e. The zero-order chi connectivity index (χ0) is 23.9. The van der Waals surface area contributed by atoms with E-state index in [1.54, 1.807) is 45.0 Å². The van der Waals surface area contributed by atoms with E-state index in [1.807, 2.05) is 13.8 Å². The van der Waals surface area contributed by atoms with Gasteiger partial charge in [-0.2, -0.15) is 0 Å². The van der Waals surface area contributed by atoms with Crippen molar-refractivity contribution in [3.05, 3.63) is 47.9 Å². The summed E-state index contributed by atoms with van der Waals surface area (Å²) in [5.74, 6) is -1.59. The number of benzene rings is 1. The van der Waals surface area contributed by atoms with Crippen LogP contribution in [0.1, 0.15) is 55.5 Å². The average molecular weight is 441 g/mol. The highest BCUT2D eigenvalue weighted by Crippen LogP contribution is 2.21. The summed E-state index contributed by atoms with van der Waals surface area (Å²) in [5.41, 5.74) is 0.893. The molecule has 32 heavy (non-hydrogen) atoms. The van der Waals surface area contributed by atoms with Gasteiger partial charge in [-0.1, -0.05) is 19.1 Å². The summed E-state index contributed by atoms with van der Waals surface area (Å²) in [6.45, 7) is 9.04. The third kappa shape index (κ3) is 6.10. The Morgan fingerprint density at radius 2 is 1.84 bits per heavy atom. The number of esters is 2. The molecule has 2 aromatic heterocycles. The molecule has 0 unspecified atom stereocenters. The van der Waals surface area contributed by atoms with Crippen LogP contribution in [0.3, 0.4) is 0 Å². The van der Waals surface area contributed by atoms with Crippen LogP contribution in [0.2, 0.25) is 0 Å². The van der Waals surface area contributed by atoms with Gasteiger partial charge >= 0.3 is 11.9 Å². The molecular formula is C22H27N5O5. The number of aromatic nitrogens is 4. The molecule has 0 fully saturated rings. The lowest BCUT2D eigenvalue weighted by Crippen LogP contribution is -2.30. The number of hydrogen-bond donors (Lipinski definition) is 1. The minimum atomic E-state index is -0.651. The van der Waals surface area contributed by atoms with Crippen molar-refractivity contribution in [3.63, 3.8) is 0 Å². The summed E-state index contributed by atoms with van der Waals surface area (Å²) in [5, 5.41) is 10.9. The largest absolute Gasteiger partial charge is 0.468 e. The Bertz CT molecular complexity index is 1120. The van der Waals surface area contributed by atoms with Gasteiger partial charge in [0, 0.05) is 11.6 Å². The number of carbonyl (C=O) groups excluding carboxylic acids is 3. The van der Waals surface area contributed by atoms with Crippen LogP contribution in [0.5, 0.6) is 0 Å². The Balaban J connectivity index is 0.00000176. The Hall–Kier alpha value is -3.82. The predicted octanol–water partition coefficient (Wildman–Crippen LogP) is 2.70. The fraction of sp³-hybridized carbons (Fsp3) is 0.364. The third-order valence-corrected chi connectivity index (χ3v) is 3.96. The number of amides is 1. The van der Waals surface area contributed by atoms with Gasteiger partial charge in [0.2, 0.25) is 0 Å². The first-order valence-electron chi connectivity index (χ1n) is 10.1. The van der Waals surface area contributed by atoms with Crippen molar-refractivity contribution < 1.29 is 23.9 Å². The molecule has 1 amide bonds. The van der Waals surface area contributed by atoms with Gasteiger partial charge in [-0.15, -0.1) is 5.10 Å². The van der Waals surface area contributed by atoms with E-state index in [9.17, 15) is 14.4 Å². The number of rotatable bonds is 5. The summed E-state index contributed by atoms with van der Waals surface area (Å²) in [6.07, 6.45) is 2.95. The Morgan fingerprint density at radius 3 is 2.50 bits per heavy atom. The van der Waals surface area contributed by atoms with E-state index >= 15 is 0 Å². The first-order valence-corrected chi connectivity index (χ1v) is 10.1. The van der Waals surface area contributed by atoms with Gasteiger partial charge in [0.15, 0.2) is 5.69 Å². The van der Waals surface area contributed by atoms with Gasteiger partial charge in [-0.3, -0.25) is 14.6 Å². The van der Waals surface area contributed by atoms with Gasteiger partial charge in [0.25, 0.3) is 5.91 Å². The summed E-state index contributed by atoms with van der Waals surface area (Å²) in [6, 6.07) is 6.70. The molecule has 0 aliphatic heterocycles. The molecule has 3 rings (SSSR count). The van der Waals surface area contributed by atoms with E-state index < -0.39 is 23.4 Å². The third-order valence-electron chi connectivity index (χ3n) is 3.96. The number of nitrogens with zero attached hydrogens (tertiary/aromatic N) is 4. The van der Waals surface area contributed by atoms with Crippen molar-refractivity contribution in [2.45, 2.75) is 40.2 Å². The predicted molar refractivity (Wildman–Crippen MR) is 118 cm³/mol. The van der Waals surface area contributed by atoms with Gasteiger partial charge in [0.1, 0.15) is 12.1 Å². The van der Waals surface area contributed by atoms with Crippen LogP contribution in [0, 0.1) is 0 Å². The fourth-order valence-electron chi connectivity index (χ4n) is 2.61. The van der Waals surface area contributed by atoms with E-state index in [0.29, 0.717) is 22.2 Å². The highest BCUT2D eigenvalue weighted by atomic mass is 16.6. The number of nitrogens with one attached hydrogen (secondary N) is 1. The van der Waals surface area contributed by atoms with Crippen LogP contribution >= 0.6 is 0 Å². The van der Waals surface area contributed by atoms with Crippen molar-refractivity contribution in [2.75, 3.05) is 13.7 Å². The first kappa shape index (κ1) is 24.4. The van der Waals surface area contributed by atoms with Crippen molar-refractivity contribution in [1.82, 2.24) is 25.3 Å². The lowest BCUT2D eigenvalue weighted by molar-refractivity contribution is -0.139. The maximum atomic E-state index is 12.5. The van der Waals surface area contributed by atoms with Crippen LogP contribution in [0.15, 0.2) is 36.7 Å². The number of pyridine rings is 1. The zero-order valence-corrected chi connectivity index (χ0v) is 19.0. The monoisotopic (exact) mass is 441 g/mol. The first-order chi connectivity index (χ1) is 15.2. The molecular weight excluding hydrogens is 414 g/mol. The van der Waals surface area contributed by atoms with E-state index in [1.165, 1.54) is 24.2 Å². The van der Waals surface area contributed by atoms with Gasteiger partial charge in [-0.05, 0) is 45.0 Å². The smallest absolute Gasteiger partial charge is 0.361 e. The molecule has 0 saturated carbocycles. The summed E-state index contributed by atoms with van der Waals surface area (Å²) < 4.78 is 11.2. The Morgan fingerprint density at radius 1 is 1.12 bits per heavy atom. The summed E-state index contributed by atoms with van der Waals surface area (Å²) in [4.78, 5) is 40.2. The van der Waals surface area contributed by atoms with Crippen LogP contribution in [0.4, 0.5) is 0 Å². The van der Waals surface area contributed by atoms with Crippen molar-refractivity contribution >= 4 is 28.7 Å². The molecule has 0 aliphatic carbocycles. The molecule has 0 atom stereocenters. The average Bonchev–Trinajstić information content (AvgIpc) is 3.27. The quantitative estimate of drug-likeness (QED) is 0.599. The molecule has 10 nitrogen and oxygen atoms in total. The van der Waals surface area contributed by atoms with E-state index in [2.05, 4.69) is 25.3 Å². The van der Waals surface area contributed by atoms with Crippen LogP contribution in [-0.4, -0.2) is 57.1 Å². The molecule has 0 saturated heterocycles. The van der Waals surface area contributed by atoms with Gasteiger partial charge in [0.05, 0.1) is 30.1 Å². The molecule has 3 aromatic rings. The molecule has 0 radical (unpaired) electrons. The van der Waals surface area contributed by atoms with Crippen molar-refractivity contribution in [3.8, 4) is 5.69 Å². The second kappa shape index (κ2) is 10.5. The van der Waals surface area contributed by atoms with Gasteiger partial charge in [-0.25, -0.2) is 9.48 Å². The summed E-state index contributed by atoms with van der Waals surface area (Å²) in [7, 11) is 1.24. The van der Waals surface area contributed by atoms with E-state index in [0.717, 1.165) is 0 Å². The van der Waals surface area contributed by atoms with E-state index in [-0.39, 0.29) is 12.2 Å². The van der Waals surface area contributed by atoms with Gasteiger partial charge < -0.3 is 14.8 Å². The van der Waals surface area contributed by atoms with E-state index in [4.69, 9.17) is 4.74 Å². The lowest BCUT2D eigenvalue weighted by Gasteiger charge is -2.18. The zero-order valence-electron chi connectivity index (χ0n) is 19.0. The molecule has 1 N–H and O–H groups in total. The van der Waals surface area contributed by atoms with Crippen LogP contribution in [-0.2, 0) is 14.3 Å². The lowest BCUT2D eigenvalue weighted by atomic mass is 10.1. The second-order valence-corrected chi connectivity index (χ2v) is 7.37. The number of fused-ring (bicyclic) bond motifs is 1. The van der Waals surface area contributed by atoms with Crippen molar-refractivity contribution in [1.29, 1.82) is 0 Å². The molecule has 2 heterocycles. The maximum absolute atomic E-state index is 12.5. The number of carbonyl (C=O) groups is 3. The minimum absolute atomic E-state index is 0.0623. The standard InChI is InChI=1S/C20H21N5O5.C2H6/c1-20(2,3)30-19(28)16-11-25(24-23-16)12-5-6-15-14(9-12)13(7-8-21-15)18(27)22-10-17(26)29-4;1-2/h5-9,11H,10H2,1-4H3,(H,22,27);1-2H3. The molecule has 10 heteroatoms. The minimum Gasteiger partial charge on any atom is -0.468 e. The summed E-state index contributed by atoms with van der Waals surface area (Å²) >= 11 is 0. The molecule has 1 aromatic carbocycles. The fourth-order valence-corrected chi connectivity index (χ4v) is 2.61. The van der Waals surface area contributed by atoms with Crippen molar-refractivity contribution in [2.24, 2.45) is 0 Å². The second-order valence-electron chi connectivity index (χ2n) is 7.37. The Kier molecular flexibility index (Phi) is 8.00. The molecule has 0 spiro atoms. The van der Waals surface area contributed by atoms with Crippen LogP contribution < -0.4 is 5.32 Å². The van der Waals surface area contributed by atoms with Crippen LogP contribution in [0.25, 0.3) is 16.6 Å². The number of methoxy groups -OCH3 is 1. The highest BCUT2D eigenvalue weighted by Gasteiger charge is 2.21. The Labute approximate surface area is 185 Å². The number of ether oxygens (including phenoxy) is 2. The SMILES string of the molecule is CC.COC(=O)CNC(=O)c1ccnc2ccc(-n3cc(C(=O)OC(C)(C)C)nn3)cc12.